The van der Waals surface area contributed by atoms with Crippen molar-refractivity contribution in [1.29, 1.82) is 0 Å². The van der Waals surface area contributed by atoms with Crippen molar-refractivity contribution in [2.75, 3.05) is 33.0 Å². The minimum atomic E-state index is 0. The zero-order valence-corrected chi connectivity index (χ0v) is 10.2. The van der Waals surface area contributed by atoms with Crippen molar-refractivity contribution < 1.29 is 14.6 Å². The van der Waals surface area contributed by atoms with Crippen molar-refractivity contribution in [3.05, 3.63) is 0 Å². The average molecular weight is 185 g/mol. The molecule has 0 spiro atoms. The van der Waals surface area contributed by atoms with E-state index in [-0.39, 0.29) is 36.2 Å². The second-order valence-corrected chi connectivity index (χ2v) is 2.30. The largest absolute Gasteiger partial charge is 0.394 e. The molecule has 0 aromatic rings. The van der Waals surface area contributed by atoms with Gasteiger partial charge in [0.25, 0.3) is 0 Å². The van der Waals surface area contributed by atoms with Crippen LogP contribution >= 0.6 is 0 Å². The summed E-state index contributed by atoms with van der Waals surface area (Å²) in [6.45, 7) is 4.68. The maximum atomic E-state index is 8.34. The van der Waals surface area contributed by atoms with Crippen LogP contribution in [0.5, 0.6) is 0 Å². The van der Waals surface area contributed by atoms with Gasteiger partial charge in [-0.1, -0.05) is 13.3 Å². The molecular formula is C8H18NaO3. The van der Waals surface area contributed by atoms with Crippen LogP contribution in [0.2, 0.25) is 0 Å². The fourth-order valence-corrected chi connectivity index (χ4v) is 0.633. The van der Waals surface area contributed by atoms with Gasteiger partial charge in [0.2, 0.25) is 0 Å². The fourth-order valence-electron chi connectivity index (χ4n) is 0.633. The third-order valence-corrected chi connectivity index (χ3v) is 1.25. The maximum Gasteiger partial charge on any atom is 0.0701 e. The predicted molar refractivity (Wildman–Crippen MR) is 49.4 cm³/mol. The normalized spacial score (nSPS) is 9.50. The zero-order chi connectivity index (χ0) is 8.36. The fraction of sp³-hybridized carbons (Fsp3) is 1.00. The van der Waals surface area contributed by atoms with Crippen LogP contribution in [-0.2, 0) is 9.47 Å². The van der Waals surface area contributed by atoms with E-state index in [2.05, 4.69) is 6.92 Å². The summed E-state index contributed by atoms with van der Waals surface area (Å²) >= 11 is 0. The molecule has 0 rings (SSSR count). The minimum Gasteiger partial charge on any atom is -0.394 e. The van der Waals surface area contributed by atoms with E-state index in [0.717, 1.165) is 19.4 Å². The number of aliphatic hydroxyl groups is 1. The Hall–Kier alpha value is 0.880. The first-order valence-electron chi connectivity index (χ1n) is 4.18. The molecule has 0 aliphatic heterocycles. The first-order chi connectivity index (χ1) is 5.41. The van der Waals surface area contributed by atoms with Crippen molar-refractivity contribution in [1.82, 2.24) is 0 Å². The summed E-state index contributed by atoms with van der Waals surface area (Å²) in [7, 11) is 0. The molecule has 4 heteroatoms. The molecule has 3 nitrogen and oxygen atoms in total. The molecule has 1 radical (unpaired) electrons. The molecule has 0 bridgehead atoms. The van der Waals surface area contributed by atoms with Gasteiger partial charge in [-0.15, -0.1) is 0 Å². The number of hydrogen-bond acceptors (Lipinski definition) is 3. The summed E-state index contributed by atoms with van der Waals surface area (Å²) in [5, 5.41) is 8.34. The molecule has 0 heterocycles. The number of unbranched alkanes of at least 4 members (excludes halogenated alkanes) is 1. The van der Waals surface area contributed by atoms with Crippen LogP contribution in [0.4, 0.5) is 0 Å². The molecule has 12 heavy (non-hydrogen) atoms. The summed E-state index contributed by atoms with van der Waals surface area (Å²) < 4.78 is 10.2. The first kappa shape index (κ1) is 15.4. The van der Waals surface area contributed by atoms with Gasteiger partial charge < -0.3 is 14.6 Å². The van der Waals surface area contributed by atoms with Crippen molar-refractivity contribution in [2.45, 2.75) is 19.8 Å². The third kappa shape index (κ3) is 13.5. The van der Waals surface area contributed by atoms with E-state index in [1.165, 1.54) is 0 Å². The van der Waals surface area contributed by atoms with Crippen molar-refractivity contribution in [3.8, 4) is 0 Å². The van der Waals surface area contributed by atoms with Gasteiger partial charge in [0.05, 0.1) is 26.4 Å². The number of hydrogen-bond donors (Lipinski definition) is 1. The van der Waals surface area contributed by atoms with Gasteiger partial charge >= 0.3 is 0 Å². The maximum absolute atomic E-state index is 8.34. The summed E-state index contributed by atoms with van der Waals surface area (Å²) in [4.78, 5) is 0. The van der Waals surface area contributed by atoms with E-state index in [1.54, 1.807) is 0 Å². The summed E-state index contributed by atoms with van der Waals surface area (Å²) in [6.07, 6.45) is 2.28. The summed E-state index contributed by atoms with van der Waals surface area (Å²) in [5.41, 5.74) is 0. The Labute approximate surface area is 96.7 Å². The molecule has 0 unspecified atom stereocenters. The van der Waals surface area contributed by atoms with Crippen LogP contribution in [-0.4, -0.2) is 67.7 Å². The van der Waals surface area contributed by atoms with Gasteiger partial charge in [0.1, 0.15) is 0 Å². The zero-order valence-electron chi connectivity index (χ0n) is 8.21. The molecule has 0 aromatic heterocycles. The molecule has 0 aromatic carbocycles. The number of rotatable bonds is 8. The summed E-state index contributed by atoms with van der Waals surface area (Å²) in [6, 6.07) is 0. The van der Waals surface area contributed by atoms with E-state index in [0.29, 0.717) is 19.8 Å². The van der Waals surface area contributed by atoms with Gasteiger partial charge in [-0.3, -0.25) is 0 Å². The molecule has 0 amide bonds. The van der Waals surface area contributed by atoms with Crippen molar-refractivity contribution >= 4 is 29.6 Å². The molecule has 0 atom stereocenters. The monoisotopic (exact) mass is 185 g/mol. The molecule has 0 aliphatic rings. The Morgan fingerprint density at radius 2 is 1.58 bits per heavy atom. The van der Waals surface area contributed by atoms with Crippen LogP contribution in [0.3, 0.4) is 0 Å². The first-order valence-corrected chi connectivity index (χ1v) is 4.18. The van der Waals surface area contributed by atoms with Gasteiger partial charge in [-0.05, 0) is 6.42 Å². The standard InChI is InChI=1S/C8H18O3.Na/c1-2-3-5-10-7-8-11-6-4-9;/h9H,2-8H2,1H3;. The molecule has 1 N–H and O–H groups in total. The molecule has 0 saturated heterocycles. The second kappa shape index (κ2) is 14.4. The van der Waals surface area contributed by atoms with Gasteiger partial charge in [0, 0.05) is 36.2 Å². The van der Waals surface area contributed by atoms with Crippen LogP contribution in [0.25, 0.3) is 0 Å². The van der Waals surface area contributed by atoms with Crippen LogP contribution in [0.15, 0.2) is 0 Å². The second-order valence-electron chi connectivity index (χ2n) is 2.30. The number of aliphatic hydroxyl groups excluding tert-OH is 1. The minimum absolute atomic E-state index is 0. The quantitative estimate of drug-likeness (QED) is 0.440. The molecule has 0 aliphatic carbocycles. The van der Waals surface area contributed by atoms with Gasteiger partial charge in [-0.25, -0.2) is 0 Å². The number of ether oxygens (including phenoxy) is 2. The SMILES string of the molecule is CCCCOCCOCCO.[Na]. The molecule has 0 fully saturated rings. The predicted octanol–water partition coefficient (Wildman–Crippen LogP) is 0.431. The van der Waals surface area contributed by atoms with E-state index >= 15 is 0 Å². The Balaban J connectivity index is 0. The van der Waals surface area contributed by atoms with Crippen LogP contribution < -0.4 is 0 Å². The van der Waals surface area contributed by atoms with Crippen molar-refractivity contribution in [2.24, 2.45) is 0 Å². The van der Waals surface area contributed by atoms with Crippen molar-refractivity contribution in [3.63, 3.8) is 0 Å². The van der Waals surface area contributed by atoms with Crippen LogP contribution in [0, 0.1) is 0 Å². The van der Waals surface area contributed by atoms with Crippen LogP contribution in [0.1, 0.15) is 19.8 Å². The molecule has 0 saturated carbocycles. The van der Waals surface area contributed by atoms with E-state index in [1.807, 2.05) is 0 Å². The van der Waals surface area contributed by atoms with E-state index < -0.39 is 0 Å². The van der Waals surface area contributed by atoms with Gasteiger partial charge in [0.15, 0.2) is 0 Å². The molecular weight excluding hydrogens is 167 g/mol. The Morgan fingerprint density at radius 1 is 1.00 bits per heavy atom. The third-order valence-electron chi connectivity index (χ3n) is 1.25. The molecule has 69 valence electrons. The van der Waals surface area contributed by atoms with E-state index in [4.69, 9.17) is 14.6 Å². The average Bonchev–Trinajstić information content (AvgIpc) is 2.03. The summed E-state index contributed by atoms with van der Waals surface area (Å²) in [5.74, 6) is 0. The smallest absolute Gasteiger partial charge is 0.0701 e. The van der Waals surface area contributed by atoms with E-state index in [9.17, 15) is 0 Å². The Bertz CT molecular complexity index is 63.3. The van der Waals surface area contributed by atoms with Gasteiger partial charge in [-0.2, -0.15) is 0 Å². The topological polar surface area (TPSA) is 38.7 Å². The Morgan fingerprint density at radius 3 is 2.08 bits per heavy atom. The Kier molecular flexibility index (Phi) is 18.4.